The molecule has 0 fully saturated rings. The lowest BCUT2D eigenvalue weighted by atomic mass is 9.94. The number of hydrogen-bond donors (Lipinski definition) is 2. The fourth-order valence-corrected chi connectivity index (χ4v) is 2.91. The average Bonchev–Trinajstić information content (AvgIpc) is 2.43. The monoisotopic (exact) mass is 275 g/mol. The van der Waals surface area contributed by atoms with E-state index in [1.807, 2.05) is 37.3 Å². The smallest absolute Gasteiger partial charge is 0.0808 e. The number of hydrogen-bond acceptors (Lipinski definition) is 3. The summed E-state index contributed by atoms with van der Waals surface area (Å²) in [6, 6.07) is 10.4. The average molecular weight is 275 g/mol. The lowest BCUT2D eigenvalue weighted by molar-refractivity contribution is 0.0795. The maximum absolute atomic E-state index is 10.3. The van der Waals surface area contributed by atoms with Crippen LogP contribution in [-0.2, 0) is 0 Å². The quantitative estimate of drug-likeness (QED) is 0.812. The van der Waals surface area contributed by atoms with Crippen molar-refractivity contribution in [1.29, 1.82) is 0 Å². The van der Waals surface area contributed by atoms with Crippen molar-refractivity contribution in [3.63, 3.8) is 0 Å². The summed E-state index contributed by atoms with van der Waals surface area (Å²) in [5, 5.41) is 19.9. The zero-order valence-corrected chi connectivity index (χ0v) is 12.3. The molecule has 0 aliphatic carbocycles. The number of rotatable bonds is 5. The van der Waals surface area contributed by atoms with E-state index >= 15 is 0 Å². The number of aliphatic hydroxyl groups is 2. The highest BCUT2D eigenvalue weighted by atomic mass is 16.3. The molecular weight excluding hydrogens is 250 g/mol. The number of aliphatic hydroxyl groups excluding tert-OH is 2. The van der Waals surface area contributed by atoms with Gasteiger partial charge in [0.05, 0.1) is 12.2 Å². The lowest BCUT2D eigenvalue weighted by Gasteiger charge is -2.37. The Morgan fingerprint density at radius 1 is 1.20 bits per heavy atom. The largest absolute Gasteiger partial charge is 0.393 e. The Hall–Kier alpha value is -1.16. The Balaban J connectivity index is 1.98. The maximum atomic E-state index is 10.3. The van der Waals surface area contributed by atoms with Gasteiger partial charge < -0.3 is 10.2 Å². The van der Waals surface area contributed by atoms with Crippen LogP contribution in [0, 0.1) is 0 Å². The van der Waals surface area contributed by atoms with Gasteiger partial charge in [-0.25, -0.2) is 0 Å². The van der Waals surface area contributed by atoms with E-state index in [9.17, 15) is 10.2 Å². The molecule has 2 N–H and O–H groups in total. The molecule has 3 heteroatoms. The molecule has 20 heavy (non-hydrogen) atoms. The number of benzene rings is 1. The van der Waals surface area contributed by atoms with Crippen molar-refractivity contribution >= 4 is 0 Å². The predicted molar refractivity (Wildman–Crippen MR) is 81.4 cm³/mol. The van der Waals surface area contributed by atoms with E-state index < -0.39 is 6.10 Å². The first-order chi connectivity index (χ1) is 9.58. The first-order valence-corrected chi connectivity index (χ1v) is 7.37. The van der Waals surface area contributed by atoms with E-state index in [1.165, 1.54) is 0 Å². The minimum Gasteiger partial charge on any atom is -0.393 e. The van der Waals surface area contributed by atoms with Gasteiger partial charge in [0.1, 0.15) is 0 Å². The van der Waals surface area contributed by atoms with Crippen molar-refractivity contribution in [3.05, 3.63) is 48.0 Å². The highest BCUT2D eigenvalue weighted by Gasteiger charge is 2.26. The molecule has 0 saturated heterocycles. The summed E-state index contributed by atoms with van der Waals surface area (Å²) >= 11 is 0. The number of likely N-dealkylation sites (N-methyl/N-ethyl adjacent to an activating group) is 1. The van der Waals surface area contributed by atoms with Crippen LogP contribution >= 0.6 is 0 Å². The zero-order valence-electron chi connectivity index (χ0n) is 12.3. The minimum atomic E-state index is -0.446. The summed E-state index contributed by atoms with van der Waals surface area (Å²) in [4.78, 5) is 2.28. The third-order valence-electron chi connectivity index (χ3n) is 4.13. The van der Waals surface area contributed by atoms with Gasteiger partial charge in [0.15, 0.2) is 0 Å². The van der Waals surface area contributed by atoms with E-state index in [-0.39, 0.29) is 12.1 Å². The van der Waals surface area contributed by atoms with Crippen LogP contribution in [0.5, 0.6) is 0 Å². The summed E-state index contributed by atoms with van der Waals surface area (Å²) in [6.45, 7) is 1.83. The molecule has 1 aromatic rings. The first kappa shape index (κ1) is 15.2. The fraction of sp³-hybridized carbons (Fsp3) is 0.529. The molecule has 1 heterocycles. The molecule has 2 rings (SSSR count). The van der Waals surface area contributed by atoms with Crippen LogP contribution in [0.15, 0.2) is 42.5 Å². The molecule has 0 radical (unpaired) electrons. The summed E-state index contributed by atoms with van der Waals surface area (Å²) in [7, 11) is 2.08. The van der Waals surface area contributed by atoms with E-state index in [0.717, 1.165) is 18.4 Å². The van der Waals surface area contributed by atoms with E-state index in [1.54, 1.807) is 0 Å². The Labute approximate surface area is 121 Å². The molecule has 0 aromatic heterocycles. The molecular formula is C17H25NO2. The molecule has 0 spiro atoms. The van der Waals surface area contributed by atoms with Crippen LogP contribution in [0.1, 0.15) is 37.9 Å². The minimum absolute atomic E-state index is 0.225. The Morgan fingerprint density at radius 2 is 1.90 bits per heavy atom. The van der Waals surface area contributed by atoms with E-state index in [0.29, 0.717) is 12.5 Å². The third kappa shape index (κ3) is 3.92. The fourth-order valence-electron chi connectivity index (χ4n) is 2.91. The molecule has 0 bridgehead atoms. The second-order valence-electron chi connectivity index (χ2n) is 5.80. The standard InChI is InChI=1S/C17H25NO2/c1-13(19)11-15-9-6-10-16(18(15)2)12-17(20)14-7-4-3-5-8-14/h3-8,10,13,15-17,19-20H,9,11-12H2,1-2H3/t13-,15+,16+,17-/m0/s1. The first-order valence-electron chi connectivity index (χ1n) is 7.37. The van der Waals surface area contributed by atoms with Gasteiger partial charge in [0, 0.05) is 12.1 Å². The summed E-state index contributed by atoms with van der Waals surface area (Å²) in [6.07, 6.45) is 6.05. The van der Waals surface area contributed by atoms with Gasteiger partial charge in [-0.1, -0.05) is 42.5 Å². The van der Waals surface area contributed by atoms with Crippen LogP contribution in [0.4, 0.5) is 0 Å². The van der Waals surface area contributed by atoms with Crippen molar-refractivity contribution in [1.82, 2.24) is 4.90 Å². The molecule has 0 amide bonds. The maximum Gasteiger partial charge on any atom is 0.0808 e. The van der Waals surface area contributed by atoms with Gasteiger partial charge in [-0.05, 0) is 38.8 Å². The van der Waals surface area contributed by atoms with Crippen molar-refractivity contribution in [2.24, 2.45) is 0 Å². The van der Waals surface area contributed by atoms with Crippen LogP contribution < -0.4 is 0 Å². The van der Waals surface area contributed by atoms with E-state index in [2.05, 4.69) is 24.1 Å². The van der Waals surface area contributed by atoms with Crippen LogP contribution in [0.25, 0.3) is 0 Å². The van der Waals surface area contributed by atoms with Gasteiger partial charge >= 0.3 is 0 Å². The van der Waals surface area contributed by atoms with Crippen LogP contribution in [0.2, 0.25) is 0 Å². The summed E-state index contributed by atoms with van der Waals surface area (Å²) in [5.41, 5.74) is 0.965. The molecule has 1 aromatic carbocycles. The molecule has 0 unspecified atom stereocenters. The predicted octanol–water partition coefficient (Wildman–Crippen LogP) is 2.51. The molecule has 4 atom stereocenters. The van der Waals surface area contributed by atoms with Crippen molar-refractivity contribution < 1.29 is 10.2 Å². The Bertz CT molecular complexity index is 430. The van der Waals surface area contributed by atoms with Crippen LogP contribution in [-0.4, -0.2) is 40.3 Å². The summed E-state index contributed by atoms with van der Waals surface area (Å²) < 4.78 is 0. The highest BCUT2D eigenvalue weighted by Crippen LogP contribution is 2.26. The van der Waals surface area contributed by atoms with Gasteiger partial charge in [0.2, 0.25) is 0 Å². The topological polar surface area (TPSA) is 43.7 Å². The Kier molecular flexibility index (Phi) is 5.35. The van der Waals surface area contributed by atoms with Crippen molar-refractivity contribution in [3.8, 4) is 0 Å². The highest BCUT2D eigenvalue weighted by molar-refractivity contribution is 5.18. The molecule has 1 aliphatic heterocycles. The van der Waals surface area contributed by atoms with Gasteiger partial charge in [0.25, 0.3) is 0 Å². The second kappa shape index (κ2) is 7.02. The van der Waals surface area contributed by atoms with Crippen molar-refractivity contribution in [2.45, 2.75) is 50.5 Å². The van der Waals surface area contributed by atoms with E-state index in [4.69, 9.17) is 0 Å². The zero-order chi connectivity index (χ0) is 14.5. The van der Waals surface area contributed by atoms with Gasteiger partial charge in [-0.3, -0.25) is 4.90 Å². The third-order valence-corrected chi connectivity index (χ3v) is 4.13. The lowest BCUT2D eigenvalue weighted by Crippen LogP contribution is -2.43. The molecule has 110 valence electrons. The van der Waals surface area contributed by atoms with Gasteiger partial charge in [-0.2, -0.15) is 0 Å². The normalized spacial score (nSPS) is 26.4. The van der Waals surface area contributed by atoms with Crippen molar-refractivity contribution in [2.75, 3.05) is 7.05 Å². The van der Waals surface area contributed by atoms with Gasteiger partial charge in [-0.15, -0.1) is 0 Å². The van der Waals surface area contributed by atoms with Crippen LogP contribution in [0.3, 0.4) is 0 Å². The molecule has 0 saturated carbocycles. The molecule has 1 aliphatic rings. The summed E-state index contributed by atoms with van der Waals surface area (Å²) in [5.74, 6) is 0. The molecule has 3 nitrogen and oxygen atoms in total. The SMILES string of the molecule is C[C@H](O)C[C@H]1CC=C[C@H](C[C@H](O)c2ccccc2)N1C. The second-order valence-corrected chi connectivity index (χ2v) is 5.80. The number of nitrogens with zero attached hydrogens (tertiary/aromatic N) is 1. The Morgan fingerprint density at radius 3 is 2.55 bits per heavy atom.